The van der Waals surface area contributed by atoms with Crippen molar-refractivity contribution in [3.8, 4) is 0 Å². The molecule has 0 radical (unpaired) electrons. The van der Waals surface area contributed by atoms with Gasteiger partial charge in [-0.05, 0) is 23.8 Å². The maximum absolute atomic E-state index is 13.3. The number of carbonyl (C=O) groups excluding carboxylic acids is 1. The van der Waals surface area contributed by atoms with Crippen LogP contribution in [0, 0.1) is 0 Å². The second kappa shape index (κ2) is 6.81. The van der Waals surface area contributed by atoms with Crippen LogP contribution >= 0.6 is 0 Å². The van der Waals surface area contributed by atoms with Gasteiger partial charge in [-0.2, -0.15) is 13.2 Å². The molecular formula is C15H12F5N3O. The van der Waals surface area contributed by atoms with E-state index in [1.54, 1.807) is 0 Å². The SMILES string of the molecule is Nc1cc(C(=O)NC(c2ccccc2C(F)(F)F)C(F)F)ccn1. The Morgan fingerprint density at radius 2 is 1.83 bits per heavy atom. The maximum atomic E-state index is 13.3. The van der Waals surface area contributed by atoms with Crippen molar-refractivity contribution in [2.45, 2.75) is 18.6 Å². The highest BCUT2D eigenvalue weighted by Crippen LogP contribution is 2.36. The lowest BCUT2D eigenvalue weighted by molar-refractivity contribution is -0.138. The number of nitrogen functional groups attached to an aromatic ring is 1. The Labute approximate surface area is 133 Å². The number of benzene rings is 1. The minimum absolute atomic E-state index is 0.0214. The van der Waals surface area contributed by atoms with Gasteiger partial charge >= 0.3 is 6.18 Å². The summed E-state index contributed by atoms with van der Waals surface area (Å²) in [5.41, 5.74) is 3.36. The number of hydrogen-bond donors (Lipinski definition) is 2. The maximum Gasteiger partial charge on any atom is 0.416 e. The van der Waals surface area contributed by atoms with Gasteiger partial charge in [-0.1, -0.05) is 18.2 Å². The Bertz CT molecular complexity index is 733. The van der Waals surface area contributed by atoms with Crippen molar-refractivity contribution in [1.29, 1.82) is 0 Å². The van der Waals surface area contributed by atoms with E-state index in [1.165, 1.54) is 18.3 Å². The predicted octanol–water partition coefficient (Wildman–Crippen LogP) is 3.42. The van der Waals surface area contributed by atoms with Crippen molar-refractivity contribution < 1.29 is 26.7 Å². The molecule has 0 saturated heterocycles. The van der Waals surface area contributed by atoms with E-state index in [4.69, 9.17) is 5.73 Å². The second-order valence-electron chi connectivity index (χ2n) is 4.84. The minimum Gasteiger partial charge on any atom is -0.384 e. The largest absolute Gasteiger partial charge is 0.416 e. The lowest BCUT2D eigenvalue weighted by atomic mass is 9.99. The van der Waals surface area contributed by atoms with Crippen molar-refractivity contribution in [3.05, 3.63) is 59.3 Å². The lowest BCUT2D eigenvalue weighted by Gasteiger charge is -2.22. The van der Waals surface area contributed by atoms with Crippen molar-refractivity contribution in [2.75, 3.05) is 5.73 Å². The number of amides is 1. The van der Waals surface area contributed by atoms with Crippen LogP contribution in [0.2, 0.25) is 0 Å². The first-order valence-corrected chi connectivity index (χ1v) is 6.67. The van der Waals surface area contributed by atoms with E-state index >= 15 is 0 Å². The Kier molecular flexibility index (Phi) is 5.01. The highest BCUT2D eigenvalue weighted by atomic mass is 19.4. The van der Waals surface area contributed by atoms with Gasteiger partial charge in [0.15, 0.2) is 0 Å². The molecule has 0 aliphatic heterocycles. The molecular weight excluding hydrogens is 333 g/mol. The third-order valence-corrected chi connectivity index (χ3v) is 3.18. The Morgan fingerprint density at radius 3 is 2.42 bits per heavy atom. The second-order valence-corrected chi connectivity index (χ2v) is 4.84. The van der Waals surface area contributed by atoms with Gasteiger partial charge in [-0.15, -0.1) is 0 Å². The van der Waals surface area contributed by atoms with Crippen LogP contribution in [0.3, 0.4) is 0 Å². The van der Waals surface area contributed by atoms with Crippen LogP contribution < -0.4 is 11.1 Å². The zero-order chi connectivity index (χ0) is 17.9. The summed E-state index contributed by atoms with van der Waals surface area (Å²) in [6, 6.07) is 4.08. The van der Waals surface area contributed by atoms with E-state index in [9.17, 15) is 26.7 Å². The standard InChI is InChI=1S/C15H12F5N3O/c16-13(17)12(9-3-1-2-4-10(9)15(18,19)20)23-14(24)8-5-6-22-11(21)7-8/h1-7,12-13H,(H2,21,22)(H,23,24). The predicted molar refractivity (Wildman–Crippen MR) is 76.3 cm³/mol. The smallest absolute Gasteiger partial charge is 0.384 e. The summed E-state index contributed by atoms with van der Waals surface area (Å²) in [5.74, 6) is -1.00. The number of pyridine rings is 1. The minimum atomic E-state index is -4.82. The van der Waals surface area contributed by atoms with Crippen LogP contribution in [-0.4, -0.2) is 17.3 Å². The van der Waals surface area contributed by atoms with Gasteiger partial charge in [0.2, 0.25) is 0 Å². The van der Waals surface area contributed by atoms with Gasteiger partial charge in [-0.25, -0.2) is 13.8 Å². The average molecular weight is 345 g/mol. The number of carbonyl (C=O) groups is 1. The van der Waals surface area contributed by atoms with Crippen molar-refractivity contribution in [3.63, 3.8) is 0 Å². The lowest BCUT2D eigenvalue weighted by Crippen LogP contribution is -2.34. The summed E-state index contributed by atoms with van der Waals surface area (Å²) >= 11 is 0. The number of rotatable bonds is 4. The van der Waals surface area contributed by atoms with Gasteiger partial charge in [0.1, 0.15) is 11.9 Å². The van der Waals surface area contributed by atoms with Gasteiger partial charge in [0.05, 0.1) is 5.56 Å². The third kappa shape index (κ3) is 3.98. The molecule has 0 fully saturated rings. The molecule has 2 aromatic rings. The summed E-state index contributed by atoms with van der Waals surface area (Å²) in [4.78, 5) is 15.7. The zero-order valence-corrected chi connectivity index (χ0v) is 12.0. The van der Waals surface area contributed by atoms with Crippen molar-refractivity contribution in [1.82, 2.24) is 10.3 Å². The summed E-state index contributed by atoms with van der Waals surface area (Å²) < 4.78 is 65.6. The molecule has 1 aromatic carbocycles. The highest BCUT2D eigenvalue weighted by molar-refractivity contribution is 5.95. The quantitative estimate of drug-likeness (QED) is 0.835. The number of hydrogen-bond acceptors (Lipinski definition) is 3. The van der Waals surface area contributed by atoms with E-state index in [-0.39, 0.29) is 11.4 Å². The molecule has 0 saturated carbocycles. The number of alkyl halides is 5. The Hall–Kier alpha value is -2.71. The van der Waals surface area contributed by atoms with Crippen LogP contribution in [0.25, 0.3) is 0 Å². The molecule has 0 spiro atoms. The van der Waals surface area contributed by atoms with E-state index in [1.807, 2.05) is 5.32 Å². The first-order chi connectivity index (χ1) is 11.2. The summed E-state index contributed by atoms with van der Waals surface area (Å²) in [7, 11) is 0. The molecule has 3 N–H and O–H groups in total. The molecule has 9 heteroatoms. The number of aromatic nitrogens is 1. The molecule has 2 rings (SSSR count). The fourth-order valence-corrected chi connectivity index (χ4v) is 2.12. The van der Waals surface area contributed by atoms with Gasteiger partial charge in [0.25, 0.3) is 12.3 Å². The molecule has 128 valence electrons. The topological polar surface area (TPSA) is 68.0 Å². The number of nitrogens with zero attached hydrogens (tertiary/aromatic N) is 1. The summed E-state index contributed by atoms with van der Waals surface area (Å²) in [6.07, 6.45) is -6.88. The first kappa shape index (κ1) is 17.6. The van der Waals surface area contributed by atoms with E-state index in [0.717, 1.165) is 18.2 Å². The zero-order valence-electron chi connectivity index (χ0n) is 12.0. The van der Waals surface area contributed by atoms with Gasteiger partial charge < -0.3 is 11.1 Å². The van der Waals surface area contributed by atoms with Crippen molar-refractivity contribution >= 4 is 11.7 Å². The number of nitrogens with two attached hydrogens (primary N) is 1. The molecule has 4 nitrogen and oxygen atoms in total. The Morgan fingerprint density at radius 1 is 1.17 bits per heavy atom. The molecule has 0 aliphatic carbocycles. The van der Waals surface area contributed by atoms with Crippen LogP contribution in [0.4, 0.5) is 27.8 Å². The Balaban J connectivity index is 2.36. The van der Waals surface area contributed by atoms with Gasteiger partial charge in [-0.3, -0.25) is 4.79 Å². The van der Waals surface area contributed by atoms with Crippen molar-refractivity contribution in [2.24, 2.45) is 0 Å². The number of nitrogens with one attached hydrogen (secondary N) is 1. The fourth-order valence-electron chi connectivity index (χ4n) is 2.12. The summed E-state index contributed by atoms with van der Waals surface area (Å²) in [5, 5.41) is 1.92. The molecule has 24 heavy (non-hydrogen) atoms. The molecule has 1 amide bonds. The molecule has 1 unspecified atom stereocenters. The van der Waals surface area contributed by atoms with Crippen LogP contribution in [0.5, 0.6) is 0 Å². The van der Waals surface area contributed by atoms with E-state index in [0.29, 0.717) is 6.07 Å². The third-order valence-electron chi connectivity index (χ3n) is 3.18. The molecule has 1 atom stereocenters. The normalized spacial score (nSPS) is 12.9. The molecule has 0 aliphatic rings. The van der Waals surface area contributed by atoms with E-state index < -0.39 is 35.7 Å². The monoisotopic (exact) mass is 345 g/mol. The van der Waals surface area contributed by atoms with Crippen LogP contribution in [0.15, 0.2) is 42.6 Å². The first-order valence-electron chi connectivity index (χ1n) is 6.67. The number of halogens is 5. The molecule has 1 heterocycles. The number of anilines is 1. The molecule has 0 bridgehead atoms. The fraction of sp³-hybridized carbons (Fsp3) is 0.200. The highest BCUT2D eigenvalue weighted by Gasteiger charge is 2.37. The van der Waals surface area contributed by atoms with E-state index in [2.05, 4.69) is 4.98 Å². The van der Waals surface area contributed by atoms with Gasteiger partial charge in [0, 0.05) is 11.8 Å². The average Bonchev–Trinajstić information content (AvgIpc) is 2.51. The van der Waals surface area contributed by atoms with Crippen LogP contribution in [-0.2, 0) is 6.18 Å². The van der Waals surface area contributed by atoms with Crippen LogP contribution in [0.1, 0.15) is 27.5 Å². The summed E-state index contributed by atoms with van der Waals surface area (Å²) in [6.45, 7) is 0. The molecule has 1 aromatic heterocycles.